The van der Waals surface area contributed by atoms with E-state index in [0.29, 0.717) is 34.0 Å². The Morgan fingerprint density at radius 1 is 1.15 bits per heavy atom. The number of aryl methyl sites for hydroxylation is 1. The number of rotatable bonds is 5. The van der Waals surface area contributed by atoms with Gasteiger partial charge in [0.15, 0.2) is 0 Å². The number of hydrogen-bond acceptors (Lipinski definition) is 3. The highest BCUT2D eigenvalue weighted by Gasteiger charge is 2.27. The molecule has 0 aliphatic carbocycles. The van der Waals surface area contributed by atoms with Crippen LogP contribution in [0.1, 0.15) is 28.5 Å². The van der Waals surface area contributed by atoms with Crippen molar-refractivity contribution in [3.8, 4) is 11.1 Å². The molecule has 0 aliphatic heterocycles. The predicted octanol–water partition coefficient (Wildman–Crippen LogP) is 5.65. The summed E-state index contributed by atoms with van der Waals surface area (Å²) in [5, 5.41) is 11.8. The number of aromatic carboxylic acids is 1. The second kappa shape index (κ2) is 8.43. The molecular weight excluding hydrogens is 457 g/mol. The van der Waals surface area contributed by atoms with Crippen molar-refractivity contribution in [1.82, 2.24) is 14.5 Å². The second-order valence-electron chi connectivity index (χ2n) is 7.97. The van der Waals surface area contributed by atoms with Crippen molar-refractivity contribution in [3.63, 3.8) is 0 Å². The summed E-state index contributed by atoms with van der Waals surface area (Å²) in [6.07, 6.45) is 1.89. The van der Waals surface area contributed by atoms with Crippen LogP contribution < -0.4 is 5.56 Å². The fourth-order valence-electron chi connectivity index (χ4n) is 4.38. The summed E-state index contributed by atoms with van der Waals surface area (Å²) in [7, 11) is 0. The third kappa shape index (κ3) is 3.54. The number of aromatic amines is 1. The van der Waals surface area contributed by atoms with E-state index in [9.17, 15) is 19.1 Å². The van der Waals surface area contributed by atoms with Crippen molar-refractivity contribution in [1.29, 1.82) is 0 Å². The Labute approximate surface area is 198 Å². The van der Waals surface area contributed by atoms with E-state index >= 15 is 0 Å². The molecule has 0 unspecified atom stereocenters. The summed E-state index contributed by atoms with van der Waals surface area (Å²) in [4.78, 5) is 32.2. The molecule has 2 N–H and O–H groups in total. The highest BCUT2D eigenvalue weighted by atomic mass is 35.5. The first kappa shape index (κ1) is 21.9. The standard InChI is InChI=1S/C26H19ClFN3O3/c1-2-14-11-18-21(12-19(14)28)31(13-16-10-15-6-3-4-8-20(15)30-24(16)27)23(26(33)34)22(18)17-7-5-9-29-25(17)32/h3-12H,2,13H2,1H3,(H,29,32)(H,33,34). The van der Waals surface area contributed by atoms with Crippen LogP contribution in [-0.2, 0) is 13.0 Å². The first-order chi connectivity index (χ1) is 16.4. The van der Waals surface area contributed by atoms with Crippen LogP contribution in [0.25, 0.3) is 32.9 Å². The number of fused-ring (bicyclic) bond motifs is 2. The molecule has 34 heavy (non-hydrogen) atoms. The molecule has 5 rings (SSSR count). The Morgan fingerprint density at radius 3 is 2.68 bits per heavy atom. The van der Waals surface area contributed by atoms with Gasteiger partial charge in [-0.25, -0.2) is 14.2 Å². The molecule has 0 amide bonds. The van der Waals surface area contributed by atoms with Crippen LogP contribution in [0.4, 0.5) is 4.39 Å². The number of nitrogens with zero attached hydrogens (tertiary/aromatic N) is 2. The number of carbonyl (C=O) groups is 1. The van der Waals surface area contributed by atoms with Crippen LogP contribution in [0.15, 0.2) is 65.6 Å². The number of carboxylic acids is 1. The largest absolute Gasteiger partial charge is 0.477 e. The zero-order valence-corrected chi connectivity index (χ0v) is 18.9. The topological polar surface area (TPSA) is 88.0 Å². The Bertz CT molecular complexity index is 1660. The van der Waals surface area contributed by atoms with Crippen LogP contribution >= 0.6 is 11.6 Å². The first-order valence-corrected chi connectivity index (χ1v) is 11.1. The van der Waals surface area contributed by atoms with E-state index in [2.05, 4.69) is 9.97 Å². The molecule has 0 atom stereocenters. The SMILES string of the molecule is CCc1cc2c(-c3ccc[nH]c3=O)c(C(=O)O)n(Cc3cc4ccccc4nc3Cl)c2cc1F. The van der Waals surface area contributed by atoms with Crippen LogP contribution in [0.5, 0.6) is 0 Å². The summed E-state index contributed by atoms with van der Waals surface area (Å²) < 4.78 is 16.4. The monoisotopic (exact) mass is 475 g/mol. The van der Waals surface area contributed by atoms with Gasteiger partial charge in [0.2, 0.25) is 0 Å². The number of nitrogens with one attached hydrogen (secondary N) is 1. The fourth-order valence-corrected chi connectivity index (χ4v) is 4.59. The van der Waals surface area contributed by atoms with Crippen molar-refractivity contribution in [2.24, 2.45) is 0 Å². The maximum atomic E-state index is 14.9. The molecule has 5 aromatic rings. The van der Waals surface area contributed by atoms with Gasteiger partial charge in [0.05, 0.1) is 17.6 Å². The fraction of sp³-hybridized carbons (Fsp3) is 0.115. The molecule has 0 aliphatic rings. The average molecular weight is 476 g/mol. The summed E-state index contributed by atoms with van der Waals surface area (Å²) in [5.41, 5.74) is 1.95. The number of para-hydroxylation sites is 1. The zero-order chi connectivity index (χ0) is 24.0. The quantitative estimate of drug-likeness (QED) is 0.322. The van der Waals surface area contributed by atoms with Crippen molar-refractivity contribution < 1.29 is 14.3 Å². The number of halogens is 2. The predicted molar refractivity (Wildman–Crippen MR) is 130 cm³/mol. The lowest BCUT2D eigenvalue weighted by Gasteiger charge is -2.12. The number of benzene rings is 2. The van der Waals surface area contributed by atoms with Crippen LogP contribution in [-0.4, -0.2) is 25.6 Å². The Hall–Kier alpha value is -3.97. The van der Waals surface area contributed by atoms with Gasteiger partial charge in [-0.1, -0.05) is 36.7 Å². The minimum absolute atomic E-state index is 0.0322. The maximum absolute atomic E-state index is 14.9. The lowest BCUT2D eigenvalue weighted by atomic mass is 10.0. The van der Waals surface area contributed by atoms with Crippen molar-refractivity contribution in [2.75, 3.05) is 0 Å². The molecule has 3 heterocycles. The van der Waals surface area contributed by atoms with E-state index < -0.39 is 17.3 Å². The van der Waals surface area contributed by atoms with E-state index in [1.807, 2.05) is 37.3 Å². The average Bonchev–Trinajstić information content (AvgIpc) is 3.12. The second-order valence-corrected chi connectivity index (χ2v) is 8.33. The van der Waals surface area contributed by atoms with Gasteiger partial charge in [0.1, 0.15) is 16.7 Å². The highest BCUT2D eigenvalue weighted by molar-refractivity contribution is 6.30. The first-order valence-electron chi connectivity index (χ1n) is 10.7. The molecule has 0 spiro atoms. The van der Waals surface area contributed by atoms with Crippen molar-refractivity contribution >= 4 is 39.4 Å². The number of aromatic nitrogens is 3. The van der Waals surface area contributed by atoms with Crippen LogP contribution in [0.3, 0.4) is 0 Å². The highest BCUT2D eigenvalue weighted by Crippen LogP contribution is 2.36. The van der Waals surface area contributed by atoms with Gasteiger partial charge in [-0.3, -0.25) is 4.79 Å². The Kier molecular flexibility index (Phi) is 5.42. The van der Waals surface area contributed by atoms with Crippen molar-refractivity contribution in [3.05, 3.63) is 98.9 Å². The number of hydrogen-bond donors (Lipinski definition) is 2. The van der Waals surface area contributed by atoms with Gasteiger partial charge in [-0.2, -0.15) is 0 Å². The molecule has 0 bridgehead atoms. The third-order valence-electron chi connectivity index (χ3n) is 5.98. The molecule has 0 fully saturated rings. The molecule has 6 nitrogen and oxygen atoms in total. The normalized spacial score (nSPS) is 11.4. The van der Waals surface area contributed by atoms with Gasteiger partial charge in [-0.05, 0) is 48.4 Å². The molecular formula is C26H19ClFN3O3. The summed E-state index contributed by atoms with van der Waals surface area (Å²) >= 11 is 6.46. The smallest absolute Gasteiger partial charge is 0.353 e. The number of H-pyrrole nitrogens is 1. The summed E-state index contributed by atoms with van der Waals surface area (Å²) in [6, 6.07) is 15.4. The maximum Gasteiger partial charge on any atom is 0.353 e. The molecule has 8 heteroatoms. The molecule has 2 aromatic carbocycles. The van der Waals surface area contributed by atoms with Gasteiger partial charge in [0, 0.05) is 33.7 Å². The van der Waals surface area contributed by atoms with E-state index in [-0.39, 0.29) is 28.5 Å². The van der Waals surface area contributed by atoms with Gasteiger partial charge >= 0.3 is 5.97 Å². The number of carboxylic acid groups (broad SMARTS) is 1. The lowest BCUT2D eigenvalue weighted by Crippen LogP contribution is -2.14. The van der Waals surface area contributed by atoms with Crippen LogP contribution in [0.2, 0.25) is 5.15 Å². The minimum Gasteiger partial charge on any atom is -0.477 e. The zero-order valence-electron chi connectivity index (χ0n) is 18.1. The summed E-state index contributed by atoms with van der Waals surface area (Å²) in [6.45, 7) is 1.85. The van der Waals surface area contributed by atoms with Crippen molar-refractivity contribution in [2.45, 2.75) is 19.9 Å². The van der Waals surface area contributed by atoms with E-state index in [4.69, 9.17) is 11.6 Å². The molecule has 0 saturated carbocycles. The molecule has 3 aromatic heterocycles. The number of pyridine rings is 2. The Balaban J connectivity index is 1.85. The van der Waals surface area contributed by atoms with Gasteiger partial charge < -0.3 is 14.7 Å². The van der Waals surface area contributed by atoms with Crippen LogP contribution in [0, 0.1) is 5.82 Å². The van der Waals surface area contributed by atoms with E-state index in [1.165, 1.54) is 16.8 Å². The van der Waals surface area contributed by atoms with Gasteiger partial charge in [-0.15, -0.1) is 0 Å². The minimum atomic E-state index is -1.24. The Morgan fingerprint density at radius 2 is 1.94 bits per heavy atom. The van der Waals surface area contributed by atoms with Gasteiger partial charge in [0.25, 0.3) is 5.56 Å². The lowest BCUT2D eigenvalue weighted by molar-refractivity contribution is 0.0687. The van der Waals surface area contributed by atoms with E-state index in [1.54, 1.807) is 18.2 Å². The molecule has 0 saturated heterocycles. The molecule has 170 valence electrons. The molecule has 0 radical (unpaired) electrons. The van der Waals surface area contributed by atoms with E-state index in [0.717, 1.165) is 5.39 Å². The third-order valence-corrected chi connectivity index (χ3v) is 6.31. The summed E-state index contributed by atoms with van der Waals surface area (Å²) in [5.74, 6) is -1.68.